The first-order valence-corrected chi connectivity index (χ1v) is 11.2. The quantitative estimate of drug-likeness (QED) is 0.638. The van der Waals surface area contributed by atoms with Crippen molar-refractivity contribution in [3.05, 3.63) is 59.7 Å². The lowest BCUT2D eigenvalue weighted by Crippen LogP contribution is -2.22. The smallest absolute Gasteiger partial charge is 0.280 e. The van der Waals surface area contributed by atoms with Gasteiger partial charge in [-0.2, -0.15) is 18.3 Å². The lowest BCUT2D eigenvalue weighted by Gasteiger charge is -2.18. The highest BCUT2D eigenvalue weighted by Crippen LogP contribution is 2.31. The number of hydrogen-bond acceptors (Lipinski definition) is 4. The van der Waals surface area contributed by atoms with E-state index in [0.717, 1.165) is 49.6 Å². The van der Waals surface area contributed by atoms with Gasteiger partial charge in [0.25, 0.3) is 15.9 Å². The summed E-state index contributed by atoms with van der Waals surface area (Å²) in [5, 5.41) is 4.13. The molecule has 0 atom stereocenters. The minimum absolute atomic E-state index is 0.0699. The van der Waals surface area contributed by atoms with E-state index in [9.17, 15) is 26.4 Å². The van der Waals surface area contributed by atoms with Crippen molar-refractivity contribution in [1.29, 1.82) is 0 Å². The molecular weight excluding hydrogens is 431 g/mol. The largest absolute Gasteiger partial charge is 0.416 e. The van der Waals surface area contributed by atoms with E-state index in [1.165, 1.54) is 24.3 Å². The lowest BCUT2D eigenvalue weighted by molar-refractivity contribution is -0.137. The number of hydrogen-bond donors (Lipinski definition) is 2. The molecule has 166 valence electrons. The summed E-state index contributed by atoms with van der Waals surface area (Å²) in [4.78, 5) is 12.1. The number of halogens is 3. The molecule has 0 bridgehead atoms. The Morgan fingerprint density at radius 3 is 2.42 bits per heavy atom. The number of carbonyl (C=O) groups is 1. The average molecular weight is 453 g/mol. The molecule has 0 aromatic heterocycles. The molecule has 0 saturated heterocycles. The third kappa shape index (κ3) is 6.06. The molecule has 10 heteroatoms. The second-order valence-corrected chi connectivity index (χ2v) is 9.20. The SMILES string of the molecule is CC1CCC(=NNC(=O)c2cccc(S(=O)(=O)Nc3cccc(C(F)(F)F)c3)c2)CC1. The van der Waals surface area contributed by atoms with Gasteiger partial charge in [-0.15, -0.1) is 0 Å². The zero-order valence-corrected chi connectivity index (χ0v) is 17.6. The van der Waals surface area contributed by atoms with E-state index >= 15 is 0 Å². The molecule has 1 aliphatic rings. The van der Waals surface area contributed by atoms with Crippen LogP contribution >= 0.6 is 0 Å². The number of amides is 1. The van der Waals surface area contributed by atoms with Crippen molar-refractivity contribution in [1.82, 2.24) is 5.43 Å². The molecule has 1 fully saturated rings. The van der Waals surface area contributed by atoms with E-state index in [1.807, 2.05) is 0 Å². The summed E-state index contributed by atoms with van der Waals surface area (Å²) in [6, 6.07) is 9.08. The predicted octanol–water partition coefficient (Wildman–Crippen LogP) is 4.80. The highest BCUT2D eigenvalue weighted by atomic mass is 32.2. The molecule has 0 aliphatic heterocycles. The normalized spacial score (nSPS) is 17.2. The van der Waals surface area contributed by atoms with Crippen molar-refractivity contribution in [2.45, 2.75) is 43.7 Å². The van der Waals surface area contributed by atoms with Crippen LogP contribution in [0.25, 0.3) is 0 Å². The van der Waals surface area contributed by atoms with Gasteiger partial charge in [0.1, 0.15) is 0 Å². The first-order chi connectivity index (χ1) is 14.5. The van der Waals surface area contributed by atoms with Crippen LogP contribution in [0.1, 0.15) is 48.5 Å². The van der Waals surface area contributed by atoms with Gasteiger partial charge < -0.3 is 0 Å². The van der Waals surface area contributed by atoms with E-state index in [0.29, 0.717) is 12.0 Å². The Bertz CT molecular complexity index is 1090. The van der Waals surface area contributed by atoms with Crippen LogP contribution in [0.2, 0.25) is 0 Å². The summed E-state index contributed by atoms with van der Waals surface area (Å²) >= 11 is 0. The number of anilines is 1. The first-order valence-electron chi connectivity index (χ1n) is 9.70. The molecule has 3 rings (SSSR count). The minimum Gasteiger partial charge on any atom is -0.280 e. The number of carbonyl (C=O) groups excluding carboxylic acids is 1. The van der Waals surface area contributed by atoms with Gasteiger partial charge in [0.15, 0.2) is 0 Å². The van der Waals surface area contributed by atoms with Gasteiger partial charge in [0, 0.05) is 17.0 Å². The van der Waals surface area contributed by atoms with Gasteiger partial charge in [0.05, 0.1) is 10.5 Å². The molecule has 0 radical (unpaired) electrons. The third-order valence-electron chi connectivity index (χ3n) is 5.02. The summed E-state index contributed by atoms with van der Waals surface area (Å²) in [6.07, 6.45) is -0.988. The highest BCUT2D eigenvalue weighted by Gasteiger charge is 2.30. The van der Waals surface area contributed by atoms with Crippen LogP contribution in [0.3, 0.4) is 0 Å². The Balaban J connectivity index is 1.74. The Morgan fingerprint density at radius 1 is 1.06 bits per heavy atom. The lowest BCUT2D eigenvalue weighted by atomic mass is 9.90. The van der Waals surface area contributed by atoms with E-state index in [4.69, 9.17) is 0 Å². The molecule has 6 nitrogen and oxygen atoms in total. The van der Waals surface area contributed by atoms with Gasteiger partial charge in [-0.25, -0.2) is 13.8 Å². The number of hydrazone groups is 1. The van der Waals surface area contributed by atoms with Crippen molar-refractivity contribution in [3.8, 4) is 0 Å². The predicted molar refractivity (Wildman–Crippen MR) is 111 cm³/mol. The van der Waals surface area contributed by atoms with Crippen LogP contribution < -0.4 is 10.1 Å². The van der Waals surface area contributed by atoms with Gasteiger partial charge in [0.2, 0.25) is 0 Å². The van der Waals surface area contributed by atoms with Gasteiger partial charge >= 0.3 is 6.18 Å². The Morgan fingerprint density at radius 2 is 1.74 bits per heavy atom. The van der Waals surface area contributed by atoms with Crippen LogP contribution in [-0.2, 0) is 16.2 Å². The first kappa shape index (κ1) is 22.8. The molecule has 1 saturated carbocycles. The molecule has 1 aliphatic carbocycles. The Kier molecular flexibility index (Phi) is 6.68. The maximum Gasteiger partial charge on any atom is 0.416 e. The minimum atomic E-state index is -4.60. The average Bonchev–Trinajstić information content (AvgIpc) is 2.72. The van der Waals surface area contributed by atoms with Gasteiger partial charge in [-0.05, 0) is 68.0 Å². The fourth-order valence-electron chi connectivity index (χ4n) is 3.18. The van der Waals surface area contributed by atoms with Gasteiger partial charge in [-0.3, -0.25) is 9.52 Å². The fraction of sp³-hybridized carbons (Fsp3) is 0.333. The highest BCUT2D eigenvalue weighted by molar-refractivity contribution is 7.92. The maximum atomic E-state index is 12.9. The van der Waals surface area contributed by atoms with Gasteiger partial charge in [-0.1, -0.05) is 19.1 Å². The molecule has 2 aromatic rings. The van der Waals surface area contributed by atoms with Crippen LogP contribution in [0.15, 0.2) is 58.5 Å². The molecule has 31 heavy (non-hydrogen) atoms. The van der Waals surface area contributed by atoms with E-state index < -0.39 is 27.7 Å². The van der Waals surface area contributed by atoms with E-state index in [2.05, 4.69) is 22.2 Å². The van der Waals surface area contributed by atoms with Crippen LogP contribution in [0.5, 0.6) is 0 Å². The molecule has 0 spiro atoms. The topological polar surface area (TPSA) is 87.6 Å². The van der Waals surface area contributed by atoms with Crippen LogP contribution in [-0.4, -0.2) is 20.0 Å². The number of nitrogens with zero attached hydrogens (tertiary/aromatic N) is 1. The second-order valence-electron chi connectivity index (χ2n) is 7.51. The molecule has 0 heterocycles. The second kappa shape index (κ2) is 9.09. The van der Waals surface area contributed by atoms with Crippen molar-refractivity contribution >= 4 is 27.3 Å². The van der Waals surface area contributed by atoms with E-state index in [1.54, 1.807) is 0 Å². The standard InChI is InChI=1S/C21H22F3N3O3S/c1-14-8-10-17(11-9-14)25-26-20(28)15-4-2-7-19(12-15)31(29,30)27-18-6-3-5-16(13-18)21(22,23)24/h2-7,12-14,27H,8-11H2,1H3,(H,26,28). The number of rotatable bonds is 5. The van der Waals surface area contributed by atoms with Crippen molar-refractivity contribution in [2.24, 2.45) is 11.0 Å². The molecule has 2 aromatic carbocycles. The summed E-state index contributed by atoms with van der Waals surface area (Å²) in [5.74, 6) is 0.0584. The number of alkyl halides is 3. The zero-order chi connectivity index (χ0) is 22.6. The summed E-state index contributed by atoms with van der Waals surface area (Å²) in [7, 11) is -4.21. The molecule has 0 unspecified atom stereocenters. The number of sulfonamides is 1. The number of nitrogens with one attached hydrogen (secondary N) is 2. The summed E-state index contributed by atoms with van der Waals surface area (Å²) in [6.45, 7) is 2.16. The Labute approximate surface area is 178 Å². The van der Waals surface area contributed by atoms with Crippen molar-refractivity contribution in [2.75, 3.05) is 4.72 Å². The number of benzene rings is 2. The molecule has 2 N–H and O–H groups in total. The van der Waals surface area contributed by atoms with Crippen molar-refractivity contribution in [3.63, 3.8) is 0 Å². The van der Waals surface area contributed by atoms with Crippen molar-refractivity contribution < 1.29 is 26.4 Å². The Hall–Kier alpha value is -2.88. The summed E-state index contributed by atoms with van der Waals surface area (Å²) in [5.41, 5.74) is 2.20. The fourth-order valence-corrected chi connectivity index (χ4v) is 4.27. The van der Waals surface area contributed by atoms with Crippen LogP contribution in [0.4, 0.5) is 18.9 Å². The van der Waals surface area contributed by atoms with Crippen LogP contribution in [0, 0.1) is 5.92 Å². The molecule has 1 amide bonds. The summed E-state index contributed by atoms with van der Waals surface area (Å²) < 4.78 is 65.9. The zero-order valence-electron chi connectivity index (χ0n) is 16.7. The molecular formula is C21H22F3N3O3S. The monoisotopic (exact) mass is 453 g/mol. The maximum absolute atomic E-state index is 12.9. The third-order valence-corrected chi connectivity index (χ3v) is 6.39. The van der Waals surface area contributed by atoms with E-state index in [-0.39, 0.29) is 16.1 Å².